The molecule has 1 aromatic heterocycles. The van der Waals surface area contributed by atoms with E-state index in [2.05, 4.69) is 22.2 Å². The molecule has 0 aliphatic carbocycles. The molecule has 1 aromatic carbocycles. The van der Waals surface area contributed by atoms with Crippen molar-refractivity contribution in [2.75, 3.05) is 20.2 Å². The Morgan fingerprint density at radius 2 is 2.15 bits per heavy atom. The minimum Gasteiger partial charge on any atom is -0.493 e. The molecule has 0 atom stereocenters. The van der Waals surface area contributed by atoms with Crippen LogP contribution in [0.4, 0.5) is 0 Å². The summed E-state index contributed by atoms with van der Waals surface area (Å²) in [5.41, 5.74) is 2.15. The smallest absolute Gasteiger partial charge is 0.194 e. The molecule has 1 N–H and O–H groups in total. The van der Waals surface area contributed by atoms with Crippen LogP contribution in [-0.4, -0.2) is 40.8 Å². The molecule has 2 aromatic rings. The van der Waals surface area contributed by atoms with E-state index < -0.39 is 0 Å². The number of hydrogen-bond donors (Lipinski definition) is 1. The summed E-state index contributed by atoms with van der Waals surface area (Å²) in [5, 5.41) is 8.20. The Morgan fingerprint density at radius 3 is 2.77 bits per heavy atom. The van der Waals surface area contributed by atoms with Crippen molar-refractivity contribution in [3.8, 4) is 5.75 Å². The Labute approximate surface area is 177 Å². The van der Waals surface area contributed by atoms with Gasteiger partial charge in [-0.05, 0) is 26.0 Å². The monoisotopic (exact) mass is 491 g/mol. The third-order valence-electron chi connectivity index (χ3n) is 3.60. The van der Waals surface area contributed by atoms with E-state index in [9.17, 15) is 0 Å². The maximum Gasteiger partial charge on any atom is 0.194 e. The molecular formula is C18H27ClIN5O. The molecule has 0 unspecified atom stereocenters. The fourth-order valence-corrected chi connectivity index (χ4v) is 2.64. The van der Waals surface area contributed by atoms with Crippen molar-refractivity contribution < 1.29 is 4.74 Å². The first kappa shape index (κ1) is 22.6. The first-order chi connectivity index (χ1) is 12.0. The van der Waals surface area contributed by atoms with E-state index in [1.165, 1.54) is 0 Å². The second kappa shape index (κ2) is 11.3. The van der Waals surface area contributed by atoms with Crippen LogP contribution in [0.1, 0.15) is 25.0 Å². The highest BCUT2D eigenvalue weighted by Crippen LogP contribution is 2.24. The first-order valence-corrected chi connectivity index (χ1v) is 8.79. The van der Waals surface area contributed by atoms with Gasteiger partial charge >= 0.3 is 0 Å². The zero-order chi connectivity index (χ0) is 18.2. The highest BCUT2D eigenvalue weighted by atomic mass is 127. The van der Waals surface area contributed by atoms with E-state index in [4.69, 9.17) is 21.3 Å². The molecule has 0 aliphatic heterocycles. The molecule has 0 saturated heterocycles. The lowest BCUT2D eigenvalue weighted by Crippen LogP contribution is -2.38. The molecule has 1 heterocycles. The summed E-state index contributed by atoms with van der Waals surface area (Å²) < 4.78 is 7.47. The van der Waals surface area contributed by atoms with Gasteiger partial charge in [-0.1, -0.05) is 17.7 Å². The van der Waals surface area contributed by atoms with Gasteiger partial charge in [-0.2, -0.15) is 5.10 Å². The van der Waals surface area contributed by atoms with Gasteiger partial charge in [0.15, 0.2) is 5.96 Å². The van der Waals surface area contributed by atoms with Crippen LogP contribution in [0.2, 0.25) is 5.02 Å². The molecule has 0 saturated carbocycles. The fraction of sp³-hybridized carbons (Fsp3) is 0.444. The lowest BCUT2D eigenvalue weighted by Gasteiger charge is -2.21. The molecule has 0 amide bonds. The highest BCUT2D eigenvalue weighted by Gasteiger charge is 2.09. The summed E-state index contributed by atoms with van der Waals surface area (Å²) >= 11 is 6.06. The number of guanidine groups is 1. The highest BCUT2D eigenvalue weighted by molar-refractivity contribution is 14.0. The molecule has 144 valence electrons. The van der Waals surface area contributed by atoms with Crippen LogP contribution in [0, 0.1) is 0 Å². The van der Waals surface area contributed by atoms with Gasteiger partial charge in [0.05, 0.1) is 19.3 Å². The number of halogens is 2. The van der Waals surface area contributed by atoms with Crippen LogP contribution in [-0.2, 0) is 20.1 Å². The van der Waals surface area contributed by atoms with E-state index >= 15 is 0 Å². The third-order valence-corrected chi connectivity index (χ3v) is 3.84. The minimum absolute atomic E-state index is 0. The van der Waals surface area contributed by atoms with Gasteiger partial charge in [0.25, 0.3) is 0 Å². The summed E-state index contributed by atoms with van der Waals surface area (Å²) in [4.78, 5) is 6.82. The van der Waals surface area contributed by atoms with Crippen LogP contribution >= 0.6 is 35.6 Å². The van der Waals surface area contributed by atoms with Crippen LogP contribution in [0.15, 0.2) is 35.6 Å². The molecule has 0 spiro atoms. The number of nitrogens with zero attached hydrogens (tertiary/aromatic N) is 4. The molecule has 0 radical (unpaired) electrons. The van der Waals surface area contributed by atoms with Crippen LogP contribution in [0.5, 0.6) is 5.75 Å². The molecule has 2 rings (SSSR count). The predicted octanol–water partition coefficient (Wildman–Crippen LogP) is 3.69. The van der Waals surface area contributed by atoms with E-state index in [-0.39, 0.29) is 24.0 Å². The molecule has 8 heteroatoms. The van der Waals surface area contributed by atoms with Crippen molar-refractivity contribution in [1.29, 1.82) is 0 Å². The third kappa shape index (κ3) is 6.68. The SMILES string of the molecule is CCNC(=NCc1ccc(Cl)cc1OCC)N(C)Cc1cnn(C)c1.I. The van der Waals surface area contributed by atoms with Gasteiger partial charge in [-0.3, -0.25) is 4.68 Å². The lowest BCUT2D eigenvalue weighted by molar-refractivity contribution is 0.336. The Bertz CT molecular complexity index is 719. The number of rotatable bonds is 7. The number of nitrogens with one attached hydrogen (secondary N) is 1. The predicted molar refractivity (Wildman–Crippen MR) is 118 cm³/mol. The zero-order valence-corrected chi connectivity index (χ0v) is 18.8. The van der Waals surface area contributed by atoms with Gasteiger partial charge in [0.2, 0.25) is 0 Å². The quantitative estimate of drug-likeness (QED) is 0.365. The van der Waals surface area contributed by atoms with Crippen molar-refractivity contribution >= 4 is 41.5 Å². The standard InChI is InChI=1S/C18H26ClN5O.HI/c1-5-20-18(23(3)12-14-10-22-24(4)13-14)21-11-15-7-8-16(19)9-17(15)25-6-2;/h7-10,13H,5-6,11-12H2,1-4H3,(H,20,21);1H. The van der Waals surface area contributed by atoms with Crippen molar-refractivity contribution in [2.45, 2.75) is 26.9 Å². The van der Waals surface area contributed by atoms with Crippen LogP contribution in [0.25, 0.3) is 0 Å². The van der Waals surface area contributed by atoms with E-state index in [0.717, 1.165) is 35.9 Å². The Morgan fingerprint density at radius 1 is 1.38 bits per heavy atom. The van der Waals surface area contributed by atoms with Crippen molar-refractivity contribution in [3.05, 3.63) is 46.7 Å². The van der Waals surface area contributed by atoms with Gasteiger partial charge < -0.3 is 15.0 Å². The van der Waals surface area contributed by atoms with Crippen molar-refractivity contribution in [3.63, 3.8) is 0 Å². The molecular weight excluding hydrogens is 465 g/mol. The van der Waals surface area contributed by atoms with Gasteiger partial charge in [-0.25, -0.2) is 4.99 Å². The van der Waals surface area contributed by atoms with E-state index in [0.29, 0.717) is 18.2 Å². The molecule has 26 heavy (non-hydrogen) atoms. The second-order valence-electron chi connectivity index (χ2n) is 5.73. The number of ether oxygens (including phenoxy) is 1. The Kier molecular flexibility index (Phi) is 9.79. The van der Waals surface area contributed by atoms with Gasteiger partial charge in [0.1, 0.15) is 5.75 Å². The number of hydrogen-bond acceptors (Lipinski definition) is 3. The maximum atomic E-state index is 6.06. The Hall–Kier alpha value is -1.48. The zero-order valence-electron chi connectivity index (χ0n) is 15.7. The first-order valence-electron chi connectivity index (χ1n) is 8.41. The maximum absolute atomic E-state index is 6.06. The number of aromatic nitrogens is 2. The van der Waals surface area contributed by atoms with Crippen molar-refractivity contribution in [2.24, 2.45) is 12.0 Å². The van der Waals surface area contributed by atoms with Gasteiger partial charge in [-0.15, -0.1) is 24.0 Å². The molecule has 0 bridgehead atoms. The molecule has 6 nitrogen and oxygen atoms in total. The molecule has 0 aliphatic rings. The average Bonchev–Trinajstić information content (AvgIpc) is 2.98. The number of aliphatic imine (C=N–C) groups is 1. The normalized spacial score (nSPS) is 11.0. The van der Waals surface area contributed by atoms with Crippen LogP contribution in [0.3, 0.4) is 0 Å². The second-order valence-corrected chi connectivity index (χ2v) is 6.17. The topological polar surface area (TPSA) is 54.7 Å². The van der Waals surface area contributed by atoms with Crippen molar-refractivity contribution in [1.82, 2.24) is 20.0 Å². The minimum atomic E-state index is 0. The molecule has 0 fully saturated rings. The summed E-state index contributed by atoms with van der Waals surface area (Å²) in [7, 11) is 3.93. The Balaban J connectivity index is 0.00000338. The largest absolute Gasteiger partial charge is 0.493 e. The van der Waals surface area contributed by atoms with E-state index in [1.807, 2.05) is 51.6 Å². The summed E-state index contributed by atoms with van der Waals surface area (Å²) in [6.07, 6.45) is 3.87. The average molecular weight is 492 g/mol. The number of benzene rings is 1. The lowest BCUT2D eigenvalue weighted by atomic mass is 10.2. The number of aryl methyl sites for hydroxylation is 1. The summed E-state index contributed by atoms with van der Waals surface area (Å²) in [6.45, 7) is 6.67. The summed E-state index contributed by atoms with van der Waals surface area (Å²) in [6, 6.07) is 5.66. The van der Waals surface area contributed by atoms with Gasteiger partial charge in [0, 0.05) is 49.5 Å². The van der Waals surface area contributed by atoms with Crippen LogP contribution < -0.4 is 10.1 Å². The summed E-state index contributed by atoms with van der Waals surface area (Å²) in [5.74, 6) is 1.62. The fourth-order valence-electron chi connectivity index (χ4n) is 2.48. The van der Waals surface area contributed by atoms with E-state index in [1.54, 1.807) is 4.68 Å².